The Labute approximate surface area is 121 Å². The summed E-state index contributed by atoms with van der Waals surface area (Å²) in [7, 11) is 1.02. The molecule has 0 radical (unpaired) electrons. The number of nitrogens with one attached hydrogen (secondary N) is 1. The largest absolute Gasteiger partial charge is 0.468 e. The Morgan fingerprint density at radius 3 is 2.75 bits per heavy atom. The molecule has 0 spiro atoms. The first-order chi connectivity index (χ1) is 9.39. The van der Waals surface area contributed by atoms with Gasteiger partial charge >= 0.3 is 0 Å². The van der Waals surface area contributed by atoms with Crippen LogP contribution in [0.3, 0.4) is 0 Å². The third-order valence-corrected chi connectivity index (χ3v) is 5.73. The van der Waals surface area contributed by atoms with Crippen LogP contribution in [0, 0.1) is 0 Å². The lowest BCUT2D eigenvalue weighted by Crippen LogP contribution is -2.43. The van der Waals surface area contributed by atoms with Crippen molar-refractivity contribution in [2.45, 2.75) is 36.6 Å². The lowest BCUT2D eigenvalue weighted by Gasteiger charge is -2.26. The second-order valence-corrected chi connectivity index (χ2v) is 8.07. The van der Waals surface area contributed by atoms with Gasteiger partial charge in [-0.3, -0.25) is 4.90 Å². The maximum absolute atomic E-state index is 11.8. The molecule has 0 amide bonds. The van der Waals surface area contributed by atoms with E-state index in [1.165, 1.54) is 6.26 Å². The molecule has 0 bridgehead atoms. The van der Waals surface area contributed by atoms with E-state index < -0.39 is 9.84 Å². The molecule has 1 aromatic rings. The Morgan fingerprint density at radius 2 is 2.20 bits per heavy atom. The number of furan rings is 1. The summed E-state index contributed by atoms with van der Waals surface area (Å²) in [6, 6.07) is 4.00. The first-order valence-corrected chi connectivity index (χ1v) is 8.97. The Balaban J connectivity index is 1.99. The van der Waals surface area contributed by atoms with Gasteiger partial charge in [-0.2, -0.15) is 0 Å². The highest BCUT2D eigenvalue weighted by molar-refractivity contribution is 7.91. The van der Waals surface area contributed by atoms with Crippen LogP contribution in [0.4, 0.5) is 0 Å². The standard InChI is InChI=1S/C14H24N2O3S/c1-16(2)12(13-7-5-9-19-13)10-15-11-6-4-8-14(11)20(3,17)18/h5,7,9,11-12,14-15H,4,6,8,10H2,1-3H3. The smallest absolute Gasteiger partial charge is 0.151 e. The quantitative estimate of drug-likeness (QED) is 0.861. The number of rotatable bonds is 6. The number of likely N-dealkylation sites (N-methyl/N-ethyl adjacent to an activating group) is 1. The van der Waals surface area contributed by atoms with Gasteiger partial charge in [-0.05, 0) is 39.1 Å². The molecule has 20 heavy (non-hydrogen) atoms. The SMILES string of the molecule is CN(C)C(CNC1CCCC1S(C)(=O)=O)c1ccco1. The molecular weight excluding hydrogens is 276 g/mol. The van der Waals surface area contributed by atoms with E-state index in [4.69, 9.17) is 4.42 Å². The van der Waals surface area contributed by atoms with Crippen molar-refractivity contribution in [3.63, 3.8) is 0 Å². The average molecular weight is 300 g/mol. The molecule has 1 aliphatic rings. The number of sulfone groups is 1. The van der Waals surface area contributed by atoms with Gasteiger partial charge in [-0.25, -0.2) is 8.42 Å². The average Bonchev–Trinajstić information content (AvgIpc) is 2.97. The summed E-state index contributed by atoms with van der Waals surface area (Å²) in [6.45, 7) is 0.692. The van der Waals surface area contributed by atoms with Gasteiger partial charge in [0.2, 0.25) is 0 Å². The lowest BCUT2D eigenvalue weighted by molar-refractivity contribution is 0.244. The van der Waals surface area contributed by atoms with Gasteiger partial charge in [-0.1, -0.05) is 6.42 Å². The van der Waals surface area contributed by atoms with Crippen molar-refractivity contribution < 1.29 is 12.8 Å². The fourth-order valence-corrected chi connectivity index (χ4v) is 4.38. The normalized spacial score (nSPS) is 25.2. The van der Waals surface area contributed by atoms with Crippen LogP contribution in [0.5, 0.6) is 0 Å². The molecule has 5 nitrogen and oxygen atoms in total. The minimum Gasteiger partial charge on any atom is -0.468 e. The maximum Gasteiger partial charge on any atom is 0.151 e. The molecule has 114 valence electrons. The topological polar surface area (TPSA) is 62.6 Å². The van der Waals surface area contributed by atoms with Crippen LogP contribution in [0.15, 0.2) is 22.8 Å². The first kappa shape index (κ1) is 15.5. The summed E-state index contributed by atoms with van der Waals surface area (Å²) in [4.78, 5) is 2.08. The zero-order chi connectivity index (χ0) is 14.8. The molecule has 3 atom stereocenters. The van der Waals surface area contributed by atoms with Crippen LogP contribution < -0.4 is 5.32 Å². The van der Waals surface area contributed by atoms with Crippen molar-refractivity contribution in [3.8, 4) is 0 Å². The van der Waals surface area contributed by atoms with Crippen molar-refractivity contribution in [1.82, 2.24) is 10.2 Å². The molecule has 0 saturated heterocycles. The van der Waals surface area contributed by atoms with Crippen LogP contribution in [-0.4, -0.2) is 51.5 Å². The van der Waals surface area contributed by atoms with E-state index in [-0.39, 0.29) is 17.3 Å². The van der Waals surface area contributed by atoms with Crippen molar-refractivity contribution >= 4 is 9.84 Å². The van der Waals surface area contributed by atoms with Gasteiger partial charge in [0.1, 0.15) is 5.76 Å². The zero-order valence-corrected chi connectivity index (χ0v) is 13.2. The molecule has 1 aromatic heterocycles. The number of nitrogens with zero attached hydrogens (tertiary/aromatic N) is 1. The zero-order valence-electron chi connectivity index (χ0n) is 12.4. The van der Waals surface area contributed by atoms with E-state index >= 15 is 0 Å². The van der Waals surface area contributed by atoms with Gasteiger partial charge in [0.15, 0.2) is 9.84 Å². The number of hydrogen-bond donors (Lipinski definition) is 1. The summed E-state index contributed by atoms with van der Waals surface area (Å²) in [6.07, 6.45) is 5.68. The Morgan fingerprint density at radius 1 is 1.45 bits per heavy atom. The van der Waals surface area contributed by atoms with E-state index in [1.807, 2.05) is 26.2 Å². The molecule has 6 heteroatoms. The van der Waals surface area contributed by atoms with Crippen molar-refractivity contribution in [2.24, 2.45) is 0 Å². The van der Waals surface area contributed by atoms with E-state index in [9.17, 15) is 8.42 Å². The second kappa shape index (κ2) is 6.28. The van der Waals surface area contributed by atoms with Crippen LogP contribution in [0.1, 0.15) is 31.1 Å². The monoisotopic (exact) mass is 300 g/mol. The third-order valence-electron chi connectivity index (χ3n) is 4.07. The predicted molar refractivity (Wildman–Crippen MR) is 79.4 cm³/mol. The third kappa shape index (κ3) is 3.62. The molecular formula is C14H24N2O3S. The molecule has 0 aromatic carbocycles. The van der Waals surface area contributed by atoms with Crippen molar-refractivity contribution in [2.75, 3.05) is 26.9 Å². The van der Waals surface area contributed by atoms with Gasteiger partial charge in [0, 0.05) is 18.8 Å². The molecule has 1 aliphatic carbocycles. The summed E-state index contributed by atoms with van der Waals surface area (Å²) >= 11 is 0. The molecule has 1 saturated carbocycles. The van der Waals surface area contributed by atoms with E-state index in [1.54, 1.807) is 6.26 Å². The van der Waals surface area contributed by atoms with Crippen LogP contribution in [-0.2, 0) is 9.84 Å². The molecule has 2 rings (SSSR count). The predicted octanol–water partition coefficient (Wildman–Crippen LogP) is 1.44. The molecule has 3 unspecified atom stereocenters. The van der Waals surface area contributed by atoms with E-state index in [0.29, 0.717) is 6.54 Å². The number of hydrogen-bond acceptors (Lipinski definition) is 5. The maximum atomic E-state index is 11.8. The van der Waals surface area contributed by atoms with Crippen LogP contribution in [0.25, 0.3) is 0 Å². The van der Waals surface area contributed by atoms with Gasteiger partial charge in [0.25, 0.3) is 0 Å². The molecule has 1 fully saturated rings. The van der Waals surface area contributed by atoms with Crippen molar-refractivity contribution in [1.29, 1.82) is 0 Å². The van der Waals surface area contributed by atoms with Gasteiger partial charge in [0.05, 0.1) is 17.6 Å². The van der Waals surface area contributed by atoms with E-state index in [0.717, 1.165) is 25.0 Å². The highest BCUT2D eigenvalue weighted by Gasteiger charge is 2.35. The Kier molecular flexibility index (Phi) is 4.88. The minimum absolute atomic E-state index is 0.0578. The Hall–Kier alpha value is -0.850. The van der Waals surface area contributed by atoms with Crippen LogP contribution in [0.2, 0.25) is 0 Å². The van der Waals surface area contributed by atoms with Crippen molar-refractivity contribution in [3.05, 3.63) is 24.2 Å². The molecule has 1 N–H and O–H groups in total. The summed E-state index contributed by atoms with van der Waals surface area (Å²) < 4.78 is 29.0. The molecule has 0 aliphatic heterocycles. The summed E-state index contributed by atoms with van der Waals surface area (Å²) in [5.41, 5.74) is 0. The summed E-state index contributed by atoms with van der Waals surface area (Å²) in [5.74, 6) is 0.899. The van der Waals surface area contributed by atoms with Gasteiger partial charge in [-0.15, -0.1) is 0 Å². The van der Waals surface area contributed by atoms with Gasteiger partial charge < -0.3 is 9.73 Å². The minimum atomic E-state index is -2.97. The highest BCUT2D eigenvalue weighted by atomic mass is 32.2. The fraction of sp³-hybridized carbons (Fsp3) is 0.714. The summed E-state index contributed by atoms with van der Waals surface area (Å²) in [5, 5.41) is 3.18. The highest BCUT2D eigenvalue weighted by Crippen LogP contribution is 2.26. The Bertz CT molecular complexity index is 511. The second-order valence-electron chi connectivity index (χ2n) is 5.81. The van der Waals surface area contributed by atoms with E-state index in [2.05, 4.69) is 10.2 Å². The van der Waals surface area contributed by atoms with Crippen LogP contribution >= 0.6 is 0 Å². The first-order valence-electron chi connectivity index (χ1n) is 7.01. The lowest BCUT2D eigenvalue weighted by atomic mass is 10.1. The molecule has 1 heterocycles. The fourth-order valence-electron chi connectivity index (χ4n) is 2.95.